The summed E-state index contributed by atoms with van der Waals surface area (Å²) in [6, 6.07) is 5.14. The summed E-state index contributed by atoms with van der Waals surface area (Å²) in [5.41, 5.74) is -1.08. The number of carbonyl (C=O) groups is 1. The van der Waals surface area contributed by atoms with Crippen LogP contribution < -0.4 is 10.6 Å². The van der Waals surface area contributed by atoms with Gasteiger partial charge in [0, 0.05) is 19.1 Å². The number of benzene rings is 1. The molecule has 0 aliphatic heterocycles. The van der Waals surface area contributed by atoms with Crippen molar-refractivity contribution < 1.29 is 22.7 Å². The predicted octanol–water partition coefficient (Wildman–Crippen LogP) is 3.71. The predicted molar refractivity (Wildman–Crippen MR) is 82.0 cm³/mol. The summed E-state index contributed by atoms with van der Waals surface area (Å²) < 4.78 is 43.7. The number of hydrogen-bond acceptors (Lipinski definition) is 3. The van der Waals surface area contributed by atoms with Crippen LogP contribution in [0.2, 0.25) is 0 Å². The van der Waals surface area contributed by atoms with Crippen LogP contribution in [0.25, 0.3) is 0 Å². The molecular formula is C16H23F3N2O2. The van der Waals surface area contributed by atoms with Crippen LogP contribution in [-0.4, -0.2) is 24.3 Å². The monoisotopic (exact) mass is 332 g/mol. The van der Waals surface area contributed by atoms with Gasteiger partial charge in [0.1, 0.15) is 5.60 Å². The van der Waals surface area contributed by atoms with E-state index in [9.17, 15) is 18.0 Å². The highest BCUT2D eigenvalue weighted by atomic mass is 19.4. The number of amides is 1. The van der Waals surface area contributed by atoms with E-state index in [1.54, 1.807) is 33.8 Å². The minimum absolute atomic E-state index is 0.0655. The van der Waals surface area contributed by atoms with E-state index in [2.05, 4.69) is 10.6 Å². The van der Waals surface area contributed by atoms with Gasteiger partial charge in [-0.2, -0.15) is 13.2 Å². The second-order valence-corrected chi connectivity index (χ2v) is 6.33. The van der Waals surface area contributed by atoms with Crippen molar-refractivity contribution in [3.8, 4) is 0 Å². The molecule has 0 radical (unpaired) electrons. The standard InChI is InChI=1S/C16H23F3N2O2/c1-11(21-14(22)23-15(2,3)4)9-20-10-12-7-5-6-8-13(12)16(17,18)19/h5-8,11,20H,9-10H2,1-4H3,(H,21,22). The van der Waals surface area contributed by atoms with E-state index >= 15 is 0 Å². The number of alkyl carbamates (subject to hydrolysis) is 1. The first kappa shape index (κ1) is 19.3. The molecular weight excluding hydrogens is 309 g/mol. The molecule has 1 atom stereocenters. The molecule has 1 rings (SSSR count). The lowest BCUT2D eigenvalue weighted by Gasteiger charge is -2.22. The van der Waals surface area contributed by atoms with E-state index in [-0.39, 0.29) is 18.2 Å². The van der Waals surface area contributed by atoms with Crippen LogP contribution in [0.1, 0.15) is 38.8 Å². The fraction of sp³-hybridized carbons (Fsp3) is 0.562. The lowest BCUT2D eigenvalue weighted by molar-refractivity contribution is -0.138. The van der Waals surface area contributed by atoms with Crippen LogP contribution >= 0.6 is 0 Å². The highest BCUT2D eigenvalue weighted by Crippen LogP contribution is 2.31. The first-order valence-corrected chi connectivity index (χ1v) is 7.34. The minimum atomic E-state index is -4.38. The first-order chi connectivity index (χ1) is 10.5. The summed E-state index contributed by atoms with van der Waals surface area (Å²) in [7, 11) is 0. The molecule has 130 valence electrons. The molecule has 23 heavy (non-hydrogen) atoms. The van der Waals surface area contributed by atoms with Crippen LogP contribution in [0.3, 0.4) is 0 Å². The lowest BCUT2D eigenvalue weighted by Crippen LogP contribution is -2.42. The van der Waals surface area contributed by atoms with Gasteiger partial charge in [-0.1, -0.05) is 18.2 Å². The van der Waals surface area contributed by atoms with E-state index in [4.69, 9.17) is 4.74 Å². The van der Waals surface area contributed by atoms with Gasteiger partial charge in [-0.25, -0.2) is 4.79 Å². The van der Waals surface area contributed by atoms with E-state index in [1.807, 2.05) is 0 Å². The van der Waals surface area contributed by atoms with Crippen LogP contribution in [-0.2, 0) is 17.5 Å². The SMILES string of the molecule is CC(CNCc1ccccc1C(F)(F)F)NC(=O)OC(C)(C)C. The van der Waals surface area contributed by atoms with Crippen LogP contribution in [0, 0.1) is 0 Å². The highest BCUT2D eigenvalue weighted by Gasteiger charge is 2.32. The number of nitrogens with one attached hydrogen (secondary N) is 2. The maximum atomic E-state index is 12.9. The Hall–Kier alpha value is -1.76. The molecule has 1 amide bonds. The molecule has 0 heterocycles. The smallest absolute Gasteiger partial charge is 0.416 e. The Morgan fingerprint density at radius 2 is 1.83 bits per heavy atom. The van der Waals surface area contributed by atoms with E-state index in [0.717, 1.165) is 6.07 Å². The molecule has 0 bridgehead atoms. The van der Waals surface area contributed by atoms with E-state index in [0.29, 0.717) is 6.54 Å². The van der Waals surface area contributed by atoms with Crippen molar-refractivity contribution in [2.45, 2.75) is 52.1 Å². The topological polar surface area (TPSA) is 50.4 Å². The third kappa shape index (κ3) is 7.36. The Labute approximate surface area is 134 Å². The molecule has 4 nitrogen and oxygen atoms in total. The van der Waals surface area contributed by atoms with Crippen LogP contribution in [0.15, 0.2) is 24.3 Å². The summed E-state index contributed by atoms with van der Waals surface area (Å²) in [5.74, 6) is 0. The molecule has 0 aromatic heterocycles. The van der Waals surface area contributed by atoms with E-state index < -0.39 is 23.4 Å². The van der Waals surface area contributed by atoms with Crippen molar-refractivity contribution in [1.82, 2.24) is 10.6 Å². The second-order valence-electron chi connectivity index (χ2n) is 6.33. The van der Waals surface area contributed by atoms with Crippen molar-refractivity contribution in [3.63, 3.8) is 0 Å². The van der Waals surface area contributed by atoms with Gasteiger partial charge in [0.15, 0.2) is 0 Å². The number of carbonyl (C=O) groups excluding carboxylic acids is 1. The fourth-order valence-electron chi connectivity index (χ4n) is 1.93. The quantitative estimate of drug-likeness (QED) is 0.864. The number of ether oxygens (including phenoxy) is 1. The van der Waals surface area contributed by atoms with Gasteiger partial charge in [0.05, 0.1) is 5.56 Å². The van der Waals surface area contributed by atoms with Gasteiger partial charge in [-0.05, 0) is 39.3 Å². The fourth-order valence-corrected chi connectivity index (χ4v) is 1.93. The molecule has 0 spiro atoms. The number of alkyl halides is 3. The average molecular weight is 332 g/mol. The summed E-state index contributed by atoms with van der Waals surface area (Å²) in [6.07, 6.45) is -4.93. The summed E-state index contributed by atoms with van der Waals surface area (Å²) in [6.45, 7) is 7.39. The second kappa shape index (κ2) is 7.68. The Kier molecular flexibility index (Phi) is 6.44. The number of halogens is 3. The van der Waals surface area contributed by atoms with Gasteiger partial charge in [0.2, 0.25) is 0 Å². The van der Waals surface area contributed by atoms with Crippen molar-refractivity contribution in [3.05, 3.63) is 35.4 Å². The molecule has 1 aromatic rings. The van der Waals surface area contributed by atoms with Crippen LogP contribution in [0.5, 0.6) is 0 Å². The molecule has 1 unspecified atom stereocenters. The third-order valence-electron chi connectivity index (χ3n) is 2.85. The van der Waals surface area contributed by atoms with Crippen molar-refractivity contribution in [1.29, 1.82) is 0 Å². The lowest BCUT2D eigenvalue weighted by atomic mass is 10.1. The Morgan fingerprint density at radius 1 is 1.22 bits per heavy atom. The van der Waals surface area contributed by atoms with Gasteiger partial charge in [-0.3, -0.25) is 0 Å². The van der Waals surface area contributed by atoms with Crippen molar-refractivity contribution in [2.75, 3.05) is 6.54 Å². The summed E-state index contributed by atoms with van der Waals surface area (Å²) >= 11 is 0. The third-order valence-corrected chi connectivity index (χ3v) is 2.85. The van der Waals surface area contributed by atoms with Crippen LogP contribution in [0.4, 0.5) is 18.0 Å². The Balaban J connectivity index is 2.47. The van der Waals surface area contributed by atoms with Crippen molar-refractivity contribution in [2.24, 2.45) is 0 Å². The van der Waals surface area contributed by atoms with Gasteiger partial charge >= 0.3 is 12.3 Å². The molecule has 1 aromatic carbocycles. The molecule has 0 fully saturated rings. The summed E-state index contributed by atoms with van der Waals surface area (Å²) in [5, 5.41) is 5.53. The highest BCUT2D eigenvalue weighted by molar-refractivity contribution is 5.68. The largest absolute Gasteiger partial charge is 0.444 e. The van der Waals surface area contributed by atoms with Gasteiger partial charge < -0.3 is 15.4 Å². The first-order valence-electron chi connectivity index (χ1n) is 7.34. The molecule has 0 aliphatic carbocycles. The number of hydrogen-bond donors (Lipinski definition) is 2. The normalized spacial score (nSPS) is 13.5. The molecule has 0 saturated carbocycles. The molecule has 0 saturated heterocycles. The van der Waals surface area contributed by atoms with Gasteiger partial charge in [0.25, 0.3) is 0 Å². The maximum absolute atomic E-state index is 12.9. The maximum Gasteiger partial charge on any atom is 0.416 e. The zero-order chi connectivity index (χ0) is 17.7. The Bertz CT molecular complexity index is 525. The summed E-state index contributed by atoms with van der Waals surface area (Å²) in [4.78, 5) is 11.6. The molecule has 2 N–H and O–H groups in total. The molecule has 0 aliphatic rings. The van der Waals surface area contributed by atoms with E-state index in [1.165, 1.54) is 12.1 Å². The van der Waals surface area contributed by atoms with Gasteiger partial charge in [-0.15, -0.1) is 0 Å². The number of rotatable bonds is 5. The minimum Gasteiger partial charge on any atom is -0.444 e. The average Bonchev–Trinajstić information content (AvgIpc) is 2.35. The van der Waals surface area contributed by atoms with Crippen molar-refractivity contribution >= 4 is 6.09 Å². The zero-order valence-corrected chi connectivity index (χ0v) is 13.8. The Morgan fingerprint density at radius 3 is 2.39 bits per heavy atom. The zero-order valence-electron chi connectivity index (χ0n) is 13.8. The molecule has 7 heteroatoms.